The number of hydrogen-bond acceptors (Lipinski definition) is 2. The monoisotopic (exact) mass is 350 g/mol. The van der Waals surface area contributed by atoms with Crippen molar-refractivity contribution in [3.63, 3.8) is 0 Å². The molecule has 0 saturated heterocycles. The fraction of sp³-hybridized carbons (Fsp3) is 0.188. The molecule has 1 heterocycles. The van der Waals surface area contributed by atoms with Gasteiger partial charge in [-0.25, -0.2) is 0 Å². The fourth-order valence-electron chi connectivity index (χ4n) is 2.33. The predicted molar refractivity (Wildman–Crippen MR) is 82.8 cm³/mol. The van der Waals surface area contributed by atoms with Gasteiger partial charge >= 0.3 is 0 Å². The summed E-state index contributed by atoms with van der Waals surface area (Å²) in [5.74, 6) is 0.880. The summed E-state index contributed by atoms with van der Waals surface area (Å²) in [6, 6.07) is 10.8. The Balaban J connectivity index is 1.98. The van der Waals surface area contributed by atoms with Gasteiger partial charge in [-0.3, -0.25) is 4.79 Å². The van der Waals surface area contributed by atoms with Crippen LogP contribution in [-0.4, -0.2) is 12.4 Å². The summed E-state index contributed by atoms with van der Waals surface area (Å²) in [6.07, 6.45) is 1.95. The number of halogens is 2. The van der Waals surface area contributed by atoms with Crippen molar-refractivity contribution in [2.24, 2.45) is 0 Å². The summed E-state index contributed by atoms with van der Waals surface area (Å²) >= 11 is 9.29. The standard InChI is InChI=1S/C16H12BrClO2/c17-14-9-12(18)4-5-13(14)16(19)11-3-6-15-10(8-11)2-1-7-20-15/h3-6,8-9H,1-2,7H2. The molecule has 0 aliphatic carbocycles. The van der Waals surface area contributed by atoms with Gasteiger partial charge in [0.15, 0.2) is 5.78 Å². The first-order chi connectivity index (χ1) is 9.65. The van der Waals surface area contributed by atoms with Crippen LogP contribution in [-0.2, 0) is 6.42 Å². The molecule has 0 bridgehead atoms. The van der Waals surface area contributed by atoms with Crippen LogP contribution in [0.15, 0.2) is 40.9 Å². The minimum atomic E-state index is -0.0121. The van der Waals surface area contributed by atoms with Gasteiger partial charge in [-0.1, -0.05) is 11.6 Å². The summed E-state index contributed by atoms with van der Waals surface area (Å²) in [4.78, 5) is 12.6. The fourth-order valence-corrected chi connectivity index (χ4v) is 3.19. The molecule has 0 atom stereocenters. The number of ether oxygens (including phenoxy) is 1. The van der Waals surface area contributed by atoms with Crippen molar-refractivity contribution in [1.29, 1.82) is 0 Å². The van der Waals surface area contributed by atoms with E-state index in [2.05, 4.69) is 15.9 Å². The molecule has 0 saturated carbocycles. The van der Waals surface area contributed by atoms with Crippen LogP contribution in [0.3, 0.4) is 0 Å². The van der Waals surface area contributed by atoms with Gasteiger partial charge < -0.3 is 4.74 Å². The van der Waals surface area contributed by atoms with Crippen molar-refractivity contribution in [3.05, 3.63) is 62.6 Å². The molecule has 0 amide bonds. The zero-order valence-electron chi connectivity index (χ0n) is 10.7. The number of carbonyl (C=O) groups is 1. The highest BCUT2D eigenvalue weighted by Crippen LogP contribution is 2.28. The molecular weight excluding hydrogens is 340 g/mol. The Morgan fingerprint density at radius 1 is 1.20 bits per heavy atom. The summed E-state index contributed by atoms with van der Waals surface area (Å²) < 4.78 is 6.28. The normalized spacial score (nSPS) is 13.5. The number of aryl methyl sites for hydroxylation is 1. The highest BCUT2D eigenvalue weighted by Gasteiger charge is 2.16. The first-order valence-corrected chi connectivity index (χ1v) is 7.58. The van der Waals surface area contributed by atoms with Gasteiger partial charge in [0.2, 0.25) is 0 Å². The van der Waals surface area contributed by atoms with E-state index in [0.29, 0.717) is 20.6 Å². The van der Waals surface area contributed by atoms with Crippen LogP contribution in [0.4, 0.5) is 0 Å². The quantitative estimate of drug-likeness (QED) is 0.736. The Morgan fingerprint density at radius 2 is 2.05 bits per heavy atom. The van der Waals surface area contributed by atoms with Gasteiger partial charge in [-0.2, -0.15) is 0 Å². The number of hydrogen-bond donors (Lipinski definition) is 0. The van der Waals surface area contributed by atoms with Crippen LogP contribution in [0.2, 0.25) is 5.02 Å². The van der Waals surface area contributed by atoms with Crippen LogP contribution in [0.25, 0.3) is 0 Å². The smallest absolute Gasteiger partial charge is 0.194 e. The van der Waals surface area contributed by atoms with Gasteiger partial charge in [0, 0.05) is 20.6 Å². The lowest BCUT2D eigenvalue weighted by molar-refractivity contribution is 0.103. The van der Waals surface area contributed by atoms with E-state index >= 15 is 0 Å². The summed E-state index contributed by atoms with van der Waals surface area (Å²) in [6.45, 7) is 0.753. The second-order valence-electron chi connectivity index (χ2n) is 4.73. The SMILES string of the molecule is O=C(c1ccc2c(c1)CCCO2)c1ccc(Cl)cc1Br. The van der Waals surface area contributed by atoms with E-state index in [1.807, 2.05) is 18.2 Å². The lowest BCUT2D eigenvalue weighted by Crippen LogP contribution is -2.10. The van der Waals surface area contributed by atoms with Crippen LogP contribution in [0, 0.1) is 0 Å². The average molecular weight is 352 g/mol. The van der Waals surface area contributed by atoms with E-state index in [1.165, 1.54) is 0 Å². The lowest BCUT2D eigenvalue weighted by atomic mass is 9.98. The predicted octanol–water partition coefficient (Wildman–Crippen LogP) is 4.66. The molecule has 0 spiro atoms. The summed E-state index contributed by atoms with van der Waals surface area (Å²) in [7, 11) is 0. The third-order valence-corrected chi connectivity index (χ3v) is 4.24. The number of carbonyl (C=O) groups excluding carboxylic acids is 1. The molecule has 0 N–H and O–H groups in total. The van der Waals surface area contributed by atoms with Crippen LogP contribution in [0.5, 0.6) is 5.75 Å². The molecule has 2 aromatic carbocycles. The Kier molecular flexibility index (Phi) is 3.81. The molecule has 3 rings (SSSR count). The third kappa shape index (κ3) is 2.60. The van der Waals surface area contributed by atoms with E-state index in [-0.39, 0.29) is 5.78 Å². The molecule has 20 heavy (non-hydrogen) atoms. The van der Waals surface area contributed by atoms with E-state index in [0.717, 1.165) is 30.8 Å². The Morgan fingerprint density at radius 3 is 2.85 bits per heavy atom. The highest BCUT2D eigenvalue weighted by atomic mass is 79.9. The molecule has 0 unspecified atom stereocenters. The number of rotatable bonds is 2. The van der Waals surface area contributed by atoms with Gasteiger partial charge in [0.25, 0.3) is 0 Å². The maximum Gasteiger partial charge on any atom is 0.194 e. The Labute approximate surface area is 130 Å². The maximum absolute atomic E-state index is 12.6. The molecule has 2 aromatic rings. The van der Waals surface area contributed by atoms with Gasteiger partial charge in [-0.05, 0) is 70.7 Å². The van der Waals surface area contributed by atoms with Crippen LogP contribution in [0.1, 0.15) is 27.9 Å². The minimum absolute atomic E-state index is 0.0121. The number of fused-ring (bicyclic) bond motifs is 1. The van der Waals surface area contributed by atoms with Crippen LogP contribution >= 0.6 is 27.5 Å². The topological polar surface area (TPSA) is 26.3 Å². The molecule has 1 aliphatic heterocycles. The molecule has 0 fully saturated rings. The molecule has 4 heteroatoms. The van der Waals surface area contributed by atoms with Gasteiger partial charge in [0.1, 0.15) is 5.75 Å². The molecule has 0 radical (unpaired) electrons. The molecule has 1 aliphatic rings. The van der Waals surface area contributed by atoms with Crippen molar-refractivity contribution in [1.82, 2.24) is 0 Å². The Bertz CT molecular complexity index is 682. The first kappa shape index (κ1) is 13.7. The Hall–Kier alpha value is -1.32. The van der Waals surface area contributed by atoms with E-state index in [1.54, 1.807) is 18.2 Å². The molecular formula is C16H12BrClO2. The zero-order chi connectivity index (χ0) is 14.1. The number of benzene rings is 2. The maximum atomic E-state index is 12.6. The zero-order valence-corrected chi connectivity index (χ0v) is 13.0. The third-order valence-electron chi connectivity index (χ3n) is 3.35. The minimum Gasteiger partial charge on any atom is -0.493 e. The largest absolute Gasteiger partial charge is 0.493 e. The van der Waals surface area contributed by atoms with Gasteiger partial charge in [0.05, 0.1) is 6.61 Å². The van der Waals surface area contributed by atoms with E-state index in [4.69, 9.17) is 16.3 Å². The van der Waals surface area contributed by atoms with Crippen molar-refractivity contribution < 1.29 is 9.53 Å². The average Bonchev–Trinajstić information content (AvgIpc) is 2.46. The first-order valence-electron chi connectivity index (χ1n) is 6.40. The lowest BCUT2D eigenvalue weighted by Gasteiger charge is -2.17. The number of ketones is 1. The molecule has 102 valence electrons. The summed E-state index contributed by atoms with van der Waals surface area (Å²) in [5.41, 5.74) is 2.40. The van der Waals surface area contributed by atoms with Crippen molar-refractivity contribution >= 4 is 33.3 Å². The van der Waals surface area contributed by atoms with Gasteiger partial charge in [-0.15, -0.1) is 0 Å². The second kappa shape index (κ2) is 5.58. The van der Waals surface area contributed by atoms with E-state index < -0.39 is 0 Å². The second-order valence-corrected chi connectivity index (χ2v) is 6.02. The van der Waals surface area contributed by atoms with Crippen molar-refractivity contribution in [2.45, 2.75) is 12.8 Å². The van der Waals surface area contributed by atoms with Crippen molar-refractivity contribution in [2.75, 3.05) is 6.61 Å². The molecule has 0 aromatic heterocycles. The van der Waals surface area contributed by atoms with Crippen LogP contribution < -0.4 is 4.74 Å². The van der Waals surface area contributed by atoms with E-state index in [9.17, 15) is 4.79 Å². The highest BCUT2D eigenvalue weighted by molar-refractivity contribution is 9.10. The molecule has 2 nitrogen and oxygen atoms in total. The van der Waals surface area contributed by atoms with Crippen molar-refractivity contribution in [3.8, 4) is 5.75 Å². The summed E-state index contributed by atoms with van der Waals surface area (Å²) in [5, 5.41) is 0.604.